The molecule has 0 bridgehead atoms. The van der Waals surface area contributed by atoms with Crippen molar-refractivity contribution in [2.75, 3.05) is 6.54 Å². The average molecular weight is 192 g/mol. The van der Waals surface area contributed by atoms with Crippen LogP contribution >= 0.6 is 0 Å². The van der Waals surface area contributed by atoms with Crippen molar-refractivity contribution in [2.45, 2.75) is 44.7 Å². The summed E-state index contributed by atoms with van der Waals surface area (Å²) in [5, 5.41) is 3.54. The first kappa shape index (κ1) is 9.78. The topological polar surface area (TPSA) is 17.0 Å². The Morgan fingerprint density at radius 2 is 1.79 bits per heavy atom. The summed E-state index contributed by atoms with van der Waals surface area (Å²) in [7, 11) is 0. The third-order valence-electron chi connectivity index (χ3n) is 3.24. The van der Waals surface area contributed by atoms with Gasteiger partial charge >= 0.3 is 0 Å². The monoisotopic (exact) mass is 192 g/mol. The molecule has 1 saturated carbocycles. The van der Waals surface area contributed by atoms with Crippen molar-refractivity contribution in [1.29, 1.82) is 0 Å². The van der Waals surface area contributed by atoms with Crippen LogP contribution in [0.25, 0.3) is 0 Å². The molecule has 0 saturated heterocycles. The van der Waals surface area contributed by atoms with Crippen molar-refractivity contribution in [2.24, 2.45) is 0 Å². The van der Waals surface area contributed by atoms with Crippen molar-refractivity contribution in [3.63, 3.8) is 0 Å². The first-order valence-electron chi connectivity index (χ1n) is 5.76. The summed E-state index contributed by atoms with van der Waals surface area (Å²) in [5.41, 5.74) is 0. The largest absolute Gasteiger partial charge is 0.351 e. The fourth-order valence-electron chi connectivity index (χ4n) is 2.46. The Balaban J connectivity index is 1.84. The van der Waals surface area contributed by atoms with E-state index in [2.05, 4.69) is 41.3 Å². The molecule has 0 aliphatic heterocycles. The first-order chi connectivity index (χ1) is 6.90. The number of nitrogens with one attached hydrogen (secondary N) is 1. The van der Waals surface area contributed by atoms with Crippen LogP contribution in [0.3, 0.4) is 0 Å². The second kappa shape index (κ2) is 4.65. The Hall–Kier alpha value is -0.760. The quantitative estimate of drug-likeness (QED) is 0.779. The van der Waals surface area contributed by atoms with Gasteiger partial charge < -0.3 is 9.88 Å². The lowest BCUT2D eigenvalue weighted by Crippen LogP contribution is -2.33. The number of rotatable bonds is 3. The highest BCUT2D eigenvalue weighted by molar-refractivity contribution is 4.94. The number of hydrogen-bond acceptors (Lipinski definition) is 1. The Bertz CT molecular complexity index is 245. The van der Waals surface area contributed by atoms with Crippen LogP contribution in [0.5, 0.6) is 0 Å². The Kier molecular flexibility index (Phi) is 3.25. The van der Waals surface area contributed by atoms with E-state index < -0.39 is 0 Å². The van der Waals surface area contributed by atoms with E-state index in [-0.39, 0.29) is 0 Å². The molecule has 0 radical (unpaired) electrons. The highest BCUT2D eigenvalue weighted by atomic mass is 15.0. The van der Waals surface area contributed by atoms with Crippen LogP contribution in [0.2, 0.25) is 0 Å². The molecule has 0 amide bonds. The Morgan fingerprint density at radius 3 is 2.36 bits per heavy atom. The summed E-state index contributed by atoms with van der Waals surface area (Å²) < 4.78 is 2.36. The van der Waals surface area contributed by atoms with Crippen molar-refractivity contribution < 1.29 is 0 Å². The summed E-state index contributed by atoms with van der Waals surface area (Å²) in [6.45, 7) is 3.30. The van der Waals surface area contributed by atoms with E-state index in [1.807, 2.05) is 0 Å². The summed E-state index contributed by atoms with van der Waals surface area (Å²) in [4.78, 5) is 0. The normalized spacial score (nSPS) is 27.8. The van der Waals surface area contributed by atoms with E-state index in [0.717, 1.165) is 18.6 Å². The molecule has 2 nitrogen and oxygen atoms in total. The maximum Gasteiger partial charge on any atom is 0.0331 e. The smallest absolute Gasteiger partial charge is 0.0331 e. The van der Waals surface area contributed by atoms with Crippen molar-refractivity contribution in [3.8, 4) is 0 Å². The molecule has 2 rings (SSSR count). The molecule has 78 valence electrons. The molecule has 1 fully saturated rings. The molecular weight excluding hydrogens is 172 g/mol. The highest BCUT2D eigenvalue weighted by Crippen LogP contribution is 2.28. The van der Waals surface area contributed by atoms with E-state index in [4.69, 9.17) is 0 Å². The molecule has 14 heavy (non-hydrogen) atoms. The summed E-state index contributed by atoms with van der Waals surface area (Å²) in [6.07, 6.45) is 9.70. The SMILES string of the molecule is CCNC1CCC(n2cccc2)CC1. The fourth-order valence-corrected chi connectivity index (χ4v) is 2.46. The number of hydrogen-bond donors (Lipinski definition) is 1. The van der Waals surface area contributed by atoms with Crippen LogP contribution < -0.4 is 5.32 Å². The molecule has 1 N–H and O–H groups in total. The predicted molar refractivity (Wildman–Crippen MR) is 59.4 cm³/mol. The molecule has 1 heterocycles. The van der Waals surface area contributed by atoms with Crippen LogP contribution in [-0.2, 0) is 0 Å². The van der Waals surface area contributed by atoms with Crippen LogP contribution in [0.4, 0.5) is 0 Å². The lowest BCUT2D eigenvalue weighted by Gasteiger charge is -2.29. The minimum absolute atomic E-state index is 0.750. The maximum absolute atomic E-state index is 3.54. The molecule has 1 aromatic heterocycles. The van der Waals surface area contributed by atoms with E-state index in [0.29, 0.717) is 0 Å². The Morgan fingerprint density at radius 1 is 1.14 bits per heavy atom. The predicted octanol–water partition coefficient (Wildman–Crippen LogP) is 2.58. The zero-order valence-electron chi connectivity index (χ0n) is 8.95. The van der Waals surface area contributed by atoms with E-state index in [1.54, 1.807) is 0 Å². The van der Waals surface area contributed by atoms with Crippen molar-refractivity contribution in [1.82, 2.24) is 9.88 Å². The van der Waals surface area contributed by atoms with Gasteiger partial charge in [0.1, 0.15) is 0 Å². The van der Waals surface area contributed by atoms with Gasteiger partial charge in [-0.05, 0) is 44.4 Å². The molecule has 1 aromatic rings. The zero-order valence-corrected chi connectivity index (χ0v) is 8.95. The maximum atomic E-state index is 3.54. The van der Waals surface area contributed by atoms with Crippen molar-refractivity contribution >= 4 is 0 Å². The minimum Gasteiger partial charge on any atom is -0.351 e. The standard InChI is InChI=1S/C12H20N2/c1-2-13-11-5-7-12(8-6-11)14-9-3-4-10-14/h3-4,9-13H,2,5-8H2,1H3. The molecule has 0 aromatic carbocycles. The van der Waals surface area contributed by atoms with Crippen LogP contribution in [0.15, 0.2) is 24.5 Å². The van der Waals surface area contributed by atoms with Gasteiger partial charge in [-0.25, -0.2) is 0 Å². The molecule has 0 spiro atoms. The Labute approximate surface area is 86.3 Å². The van der Waals surface area contributed by atoms with Crippen LogP contribution in [0.1, 0.15) is 38.6 Å². The second-order valence-corrected chi connectivity index (χ2v) is 4.19. The third-order valence-corrected chi connectivity index (χ3v) is 3.24. The van der Waals surface area contributed by atoms with E-state index in [1.165, 1.54) is 25.7 Å². The summed E-state index contributed by atoms with van der Waals surface area (Å²) in [6, 6.07) is 5.76. The van der Waals surface area contributed by atoms with Crippen molar-refractivity contribution in [3.05, 3.63) is 24.5 Å². The van der Waals surface area contributed by atoms with Gasteiger partial charge in [-0.2, -0.15) is 0 Å². The number of nitrogens with zero attached hydrogens (tertiary/aromatic N) is 1. The van der Waals surface area contributed by atoms with Gasteiger partial charge in [-0.15, -0.1) is 0 Å². The van der Waals surface area contributed by atoms with E-state index in [9.17, 15) is 0 Å². The molecular formula is C12H20N2. The molecule has 1 aliphatic carbocycles. The minimum atomic E-state index is 0.750. The van der Waals surface area contributed by atoms with Gasteiger partial charge in [-0.1, -0.05) is 6.92 Å². The average Bonchev–Trinajstić information content (AvgIpc) is 2.72. The first-order valence-corrected chi connectivity index (χ1v) is 5.76. The summed E-state index contributed by atoms with van der Waals surface area (Å²) >= 11 is 0. The van der Waals surface area contributed by atoms with Gasteiger partial charge in [0.15, 0.2) is 0 Å². The van der Waals surface area contributed by atoms with Gasteiger partial charge in [0.05, 0.1) is 0 Å². The summed E-state index contributed by atoms with van der Waals surface area (Å²) in [5.74, 6) is 0. The second-order valence-electron chi connectivity index (χ2n) is 4.19. The number of aromatic nitrogens is 1. The molecule has 2 heteroatoms. The third kappa shape index (κ3) is 2.18. The van der Waals surface area contributed by atoms with Gasteiger partial charge in [0, 0.05) is 24.5 Å². The lowest BCUT2D eigenvalue weighted by molar-refractivity contribution is 0.294. The zero-order chi connectivity index (χ0) is 9.80. The fraction of sp³-hybridized carbons (Fsp3) is 0.667. The molecule has 0 unspecified atom stereocenters. The van der Waals surface area contributed by atoms with Crippen LogP contribution in [-0.4, -0.2) is 17.2 Å². The molecule has 1 aliphatic rings. The molecule has 0 atom stereocenters. The van der Waals surface area contributed by atoms with Gasteiger partial charge in [0.2, 0.25) is 0 Å². The highest BCUT2D eigenvalue weighted by Gasteiger charge is 2.20. The van der Waals surface area contributed by atoms with Crippen LogP contribution in [0, 0.1) is 0 Å². The van der Waals surface area contributed by atoms with E-state index >= 15 is 0 Å². The van der Waals surface area contributed by atoms with Gasteiger partial charge in [-0.3, -0.25) is 0 Å². The lowest BCUT2D eigenvalue weighted by atomic mass is 9.91. The van der Waals surface area contributed by atoms with Gasteiger partial charge in [0.25, 0.3) is 0 Å².